The largest absolute Gasteiger partial charge is 0.480 e. The highest BCUT2D eigenvalue weighted by Gasteiger charge is 2.33. The van der Waals surface area contributed by atoms with Crippen molar-refractivity contribution in [2.24, 2.45) is 0 Å². The van der Waals surface area contributed by atoms with E-state index in [-0.39, 0.29) is 18.5 Å². The third-order valence-electron chi connectivity index (χ3n) is 3.48. The normalized spacial score (nSPS) is 14.2. The zero-order chi connectivity index (χ0) is 13.8. The maximum absolute atomic E-state index is 12.1. The molecule has 1 aliphatic rings. The topological polar surface area (TPSA) is 57.6 Å². The van der Waals surface area contributed by atoms with Crippen molar-refractivity contribution in [1.82, 2.24) is 4.90 Å². The van der Waals surface area contributed by atoms with Gasteiger partial charge in [0.05, 0.1) is 0 Å². The summed E-state index contributed by atoms with van der Waals surface area (Å²) in [4.78, 5) is 24.4. The fourth-order valence-electron chi connectivity index (χ4n) is 2.23. The molecule has 1 N–H and O–H groups in total. The Hall–Kier alpha value is -1.84. The highest BCUT2D eigenvalue weighted by molar-refractivity contribution is 5.82. The second-order valence-corrected chi connectivity index (χ2v) is 5.07. The molecular formula is C15H19NO3. The molecule has 1 saturated carbocycles. The van der Waals surface area contributed by atoms with E-state index in [2.05, 4.69) is 0 Å². The van der Waals surface area contributed by atoms with Gasteiger partial charge in [-0.05, 0) is 37.3 Å². The lowest BCUT2D eigenvalue weighted by Crippen LogP contribution is -2.37. The number of carboxylic acid groups (broad SMARTS) is 1. The third kappa shape index (κ3) is 3.81. The van der Waals surface area contributed by atoms with Gasteiger partial charge in [0, 0.05) is 12.5 Å². The predicted molar refractivity (Wildman–Crippen MR) is 71.9 cm³/mol. The van der Waals surface area contributed by atoms with Crippen LogP contribution in [0.15, 0.2) is 24.3 Å². The van der Waals surface area contributed by atoms with Gasteiger partial charge in [0.2, 0.25) is 5.91 Å². The van der Waals surface area contributed by atoms with Gasteiger partial charge in [-0.3, -0.25) is 9.59 Å². The Bertz CT molecular complexity index is 480. The molecule has 4 nitrogen and oxygen atoms in total. The minimum Gasteiger partial charge on any atom is -0.480 e. The zero-order valence-corrected chi connectivity index (χ0v) is 11.1. The fourth-order valence-corrected chi connectivity index (χ4v) is 2.23. The number of carbonyl (C=O) groups is 2. The van der Waals surface area contributed by atoms with Crippen LogP contribution in [0.4, 0.5) is 0 Å². The van der Waals surface area contributed by atoms with E-state index >= 15 is 0 Å². The Morgan fingerprint density at radius 3 is 2.58 bits per heavy atom. The molecule has 1 fully saturated rings. The quantitative estimate of drug-likeness (QED) is 0.852. The van der Waals surface area contributed by atoms with Crippen molar-refractivity contribution in [3.8, 4) is 0 Å². The molecule has 0 heterocycles. The number of carboxylic acids is 1. The number of amides is 1. The summed E-state index contributed by atoms with van der Waals surface area (Å²) >= 11 is 0. The van der Waals surface area contributed by atoms with E-state index in [1.807, 2.05) is 31.2 Å². The van der Waals surface area contributed by atoms with Crippen molar-refractivity contribution < 1.29 is 14.7 Å². The molecule has 0 unspecified atom stereocenters. The van der Waals surface area contributed by atoms with Crippen LogP contribution in [0, 0.1) is 6.92 Å². The summed E-state index contributed by atoms with van der Waals surface area (Å²) in [7, 11) is 0. The van der Waals surface area contributed by atoms with Crippen molar-refractivity contribution in [3.63, 3.8) is 0 Å². The Kier molecular flexibility index (Phi) is 4.20. The lowest BCUT2D eigenvalue weighted by Gasteiger charge is -2.20. The van der Waals surface area contributed by atoms with E-state index < -0.39 is 5.97 Å². The molecule has 19 heavy (non-hydrogen) atoms. The van der Waals surface area contributed by atoms with Crippen LogP contribution in [0.5, 0.6) is 0 Å². The lowest BCUT2D eigenvalue weighted by atomic mass is 10.0. The number of hydrogen-bond acceptors (Lipinski definition) is 2. The maximum atomic E-state index is 12.1. The monoisotopic (exact) mass is 261 g/mol. The molecular weight excluding hydrogens is 242 g/mol. The molecule has 1 aliphatic carbocycles. The number of aliphatic carboxylic acids is 1. The van der Waals surface area contributed by atoms with E-state index in [0.717, 1.165) is 18.4 Å². The van der Waals surface area contributed by atoms with Gasteiger partial charge in [0.15, 0.2) is 0 Å². The zero-order valence-electron chi connectivity index (χ0n) is 11.1. The molecule has 1 amide bonds. The maximum Gasteiger partial charge on any atom is 0.323 e. The molecule has 102 valence electrons. The number of benzene rings is 1. The lowest BCUT2D eigenvalue weighted by molar-refractivity contribution is -0.144. The van der Waals surface area contributed by atoms with E-state index in [1.54, 1.807) is 0 Å². The van der Waals surface area contributed by atoms with Gasteiger partial charge < -0.3 is 10.0 Å². The highest BCUT2D eigenvalue weighted by atomic mass is 16.4. The Morgan fingerprint density at radius 2 is 2.00 bits per heavy atom. The average molecular weight is 261 g/mol. The third-order valence-corrected chi connectivity index (χ3v) is 3.48. The second kappa shape index (κ2) is 5.87. The molecule has 0 aromatic heterocycles. The first-order valence-electron chi connectivity index (χ1n) is 6.63. The van der Waals surface area contributed by atoms with Gasteiger partial charge in [-0.2, -0.15) is 0 Å². The standard InChI is InChI=1S/C15H19NO3/c1-11-4-2-3-5-12(11)6-9-14(17)16(10-15(18)19)13-7-8-13/h2-5,13H,6-10H2,1H3,(H,18,19). The number of carbonyl (C=O) groups excluding carboxylic acids is 1. The van der Waals surface area contributed by atoms with Gasteiger partial charge in [-0.25, -0.2) is 0 Å². The summed E-state index contributed by atoms with van der Waals surface area (Å²) in [5, 5.41) is 8.84. The van der Waals surface area contributed by atoms with E-state index in [1.165, 1.54) is 10.5 Å². The van der Waals surface area contributed by atoms with Crippen LogP contribution in [-0.2, 0) is 16.0 Å². The summed E-state index contributed by atoms with van der Waals surface area (Å²) in [6, 6.07) is 8.13. The molecule has 0 radical (unpaired) electrons. The van der Waals surface area contributed by atoms with Crippen molar-refractivity contribution >= 4 is 11.9 Å². The van der Waals surface area contributed by atoms with Gasteiger partial charge in [-0.15, -0.1) is 0 Å². The summed E-state index contributed by atoms with van der Waals surface area (Å²) in [5.74, 6) is -0.982. The SMILES string of the molecule is Cc1ccccc1CCC(=O)N(CC(=O)O)C1CC1. The van der Waals surface area contributed by atoms with Crippen LogP contribution < -0.4 is 0 Å². The number of hydrogen-bond donors (Lipinski definition) is 1. The smallest absolute Gasteiger partial charge is 0.323 e. The van der Waals surface area contributed by atoms with E-state index in [0.29, 0.717) is 12.8 Å². The molecule has 2 rings (SSSR count). The van der Waals surface area contributed by atoms with Crippen LogP contribution in [0.3, 0.4) is 0 Å². The number of aryl methyl sites for hydroxylation is 2. The molecule has 0 saturated heterocycles. The minimum absolute atomic E-state index is 0.0480. The fraction of sp³-hybridized carbons (Fsp3) is 0.467. The van der Waals surface area contributed by atoms with Crippen LogP contribution in [0.25, 0.3) is 0 Å². The van der Waals surface area contributed by atoms with Gasteiger partial charge in [-0.1, -0.05) is 24.3 Å². The number of nitrogens with zero attached hydrogens (tertiary/aromatic N) is 1. The summed E-state index contributed by atoms with van der Waals surface area (Å²) < 4.78 is 0. The van der Waals surface area contributed by atoms with Gasteiger partial charge in [0.1, 0.15) is 6.54 Å². The van der Waals surface area contributed by atoms with Crippen molar-refractivity contribution in [2.75, 3.05) is 6.54 Å². The average Bonchev–Trinajstić information content (AvgIpc) is 3.18. The molecule has 1 aromatic rings. The Balaban J connectivity index is 1.92. The molecule has 0 aliphatic heterocycles. The van der Waals surface area contributed by atoms with Gasteiger partial charge >= 0.3 is 5.97 Å². The van der Waals surface area contributed by atoms with Crippen molar-refractivity contribution in [1.29, 1.82) is 0 Å². The van der Waals surface area contributed by atoms with Crippen molar-refractivity contribution in [2.45, 2.75) is 38.6 Å². The van der Waals surface area contributed by atoms with E-state index in [9.17, 15) is 9.59 Å². The Morgan fingerprint density at radius 1 is 1.32 bits per heavy atom. The predicted octanol–water partition coefficient (Wildman–Crippen LogP) is 2.00. The molecule has 0 bridgehead atoms. The van der Waals surface area contributed by atoms with E-state index in [4.69, 9.17) is 5.11 Å². The van der Waals surface area contributed by atoms with Crippen LogP contribution in [0.1, 0.15) is 30.4 Å². The van der Waals surface area contributed by atoms with Crippen LogP contribution >= 0.6 is 0 Å². The molecule has 1 aromatic carbocycles. The molecule has 0 spiro atoms. The first-order chi connectivity index (χ1) is 9.08. The highest BCUT2D eigenvalue weighted by Crippen LogP contribution is 2.27. The molecule has 0 atom stereocenters. The van der Waals surface area contributed by atoms with Gasteiger partial charge in [0.25, 0.3) is 0 Å². The summed E-state index contributed by atoms with van der Waals surface area (Å²) in [6.45, 7) is 1.85. The van der Waals surface area contributed by atoms with Crippen molar-refractivity contribution in [3.05, 3.63) is 35.4 Å². The first-order valence-corrected chi connectivity index (χ1v) is 6.63. The molecule has 4 heteroatoms. The van der Waals surface area contributed by atoms with Crippen LogP contribution in [0.2, 0.25) is 0 Å². The minimum atomic E-state index is -0.934. The summed E-state index contributed by atoms with van der Waals surface area (Å²) in [5.41, 5.74) is 2.33. The second-order valence-electron chi connectivity index (χ2n) is 5.07. The summed E-state index contributed by atoms with van der Waals surface area (Å²) in [6.07, 6.45) is 2.93. The number of rotatable bonds is 6. The van der Waals surface area contributed by atoms with Crippen LogP contribution in [-0.4, -0.2) is 34.5 Å². The Labute approximate surface area is 113 Å². The first kappa shape index (κ1) is 13.6.